The van der Waals surface area contributed by atoms with Crippen molar-refractivity contribution in [2.24, 2.45) is 7.05 Å². The molecule has 140 valence electrons. The highest BCUT2D eigenvalue weighted by molar-refractivity contribution is 6.09. The summed E-state index contributed by atoms with van der Waals surface area (Å²) in [6.07, 6.45) is 1.49. The van der Waals surface area contributed by atoms with Crippen LogP contribution in [0.5, 0.6) is 5.75 Å². The highest BCUT2D eigenvalue weighted by Crippen LogP contribution is 2.26. The largest absolute Gasteiger partial charge is 0.506 e. The number of nitrogens with zero attached hydrogens (tertiary/aromatic N) is 1. The summed E-state index contributed by atoms with van der Waals surface area (Å²) >= 11 is 0. The fraction of sp³-hybridized carbons (Fsp3) is 0.368. The van der Waals surface area contributed by atoms with Crippen molar-refractivity contribution in [3.63, 3.8) is 0 Å². The van der Waals surface area contributed by atoms with Crippen LogP contribution in [0.15, 0.2) is 40.8 Å². The van der Waals surface area contributed by atoms with Crippen LogP contribution in [-0.4, -0.2) is 44.4 Å². The SMILES string of the molecule is C/C(=C\C(=O)c1c(O)c2ccccc2n(C)c1=O)N[C@](C)(CO)CCO. The number of allylic oxidation sites excluding steroid dienone is 2. The van der Waals surface area contributed by atoms with E-state index >= 15 is 0 Å². The number of pyridine rings is 1. The zero-order valence-electron chi connectivity index (χ0n) is 15.1. The molecule has 0 amide bonds. The van der Waals surface area contributed by atoms with Crippen LogP contribution in [0, 0.1) is 0 Å². The molecule has 2 aromatic rings. The third-order valence-electron chi connectivity index (χ3n) is 4.38. The number of fused-ring (bicyclic) bond motifs is 1. The molecule has 0 unspecified atom stereocenters. The van der Waals surface area contributed by atoms with Crippen LogP contribution in [0.25, 0.3) is 10.9 Å². The Kier molecular flexibility index (Phi) is 5.84. The maximum Gasteiger partial charge on any atom is 0.265 e. The number of ketones is 1. The molecule has 1 atom stereocenters. The predicted molar refractivity (Wildman–Crippen MR) is 99.3 cm³/mol. The molecular formula is C19H24N2O5. The molecule has 0 aliphatic heterocycles. The average Bonchev–Trinajstić information content (AvgIpc) is 2.60. The second-order valence-electron chi connectivity index (χ2n) is 6.61. The smallest absolute Gasteiger partial charge is 0.265 e. The number of benzene rings is 1. The van der Waals surface area contributed by atoms with Gasteiger partial charge in [-0.25, -0.2) is 0 Å². The van der Waals surface area contributed by atoms with Gasteiger partial charge in [0.1, 0.15) is 11.3 Å². The third kappa shape index (κ3) is 3.79. The first-order valence-corrected chi connectivity index (χ1v) is 8.27. The van der Waals surface area contributed by atoms with E-state index in [0.29, 0.717) is 16.6 Å². The van der Waals surface area contributed by atoms with Crippen molar-refractivity contribution < 1.29 is 20.1 Å². The van der Waals surface area contributed by atoms with E-state index in [-0.39, 0.29) is 30.9 Å². The van der Waals surface area contributed by atoms with Crippen LogP contribution in [0.1, 0.15) is 30.6 Å². The molecule has 0 aliphatic rings. The van der Waals surface area contributed by atoms with Crippen molar-refractivity contribution in [2.75, 3.05) is 13.2 Å². The van der Waals surface area contributed by atoms with Crippen LogP contribution in [0.2, 0.25) is 0 Å². The van der Waals surface area contributed by atoms with Gasteiger partial charge in [0.05, 0.1) is 17.7 Å². The molecular weight excluding hydrogens is 336 g/mol. The van der Waals surface area contributed by atoms with Crippen molar-refractivity contribution in [1.29, 1.82) is 0 Å². The van der Waals surface area contributed by atoms with E-state index in [1.165, 1.54) is 10.6 Å². The number of carbonyl (C=O) groups is 1. The van der Waals surface area contributed by atoms with Gasteiger partial charge >= 0.3 is 0 Å². The molecule has 2 rings (SSSR count). The molecule has 1 heterocycles. The number of hydrogen-bond acceptors (Lipinski definition) is 6. The number of carbonyl (C=O) groups excluding carboxylic acids is 1. The zero-order chi connectivity index (χ0) is 19.5. The standard InChI is InChI=1S/C19H24N2O5/c1-12(20-19(2,11-23)8-9-22)10-15(24)16-17(25)13-6-4-5-7-14(13)21(3)18(16)26/h4-7,10,20,22-23,25H,8-9,11H2,1-3H3/b12-10+/t19-/m0/s1. The number of rotatable bonds is 7. The highest BCUT2D eigenvalue weighted by Gasteiger charge is 2.24. The molecule has 0 saturated heterocycles. The van der Waals surface area contributed by atoms with E-state index in [4.69, 9.17) is 5.11 Å². The lowest BCUT2D eigenvalue weighted by Crippen LogP contribution is -2.45. The maximum absolute atomic E-state index is 12.6. The van der Waals surface area contributed by atoms with Crippen molar-refractivity contribution in [3.05, 3.63) is 52.0 Å². The zero-order valence-corrected chi connectivity index (χ0v) is 15.1. The summed E-state index contributed by atoms with van der Waals surface area (Å²) in [6.45, 7) is 2.95. The summed E-state index contributed by atoms with van der Waals surface area (Å²) in [5.74, 6) is -0.985. The van der Waals surface area contributed by atoms with Gasteiger partial charge in [0.15, 0.2) is 5.78 Å². The molecule has 0 bridgehead atoms. The van der Waals surface area contributed by atoms with Crippen molar-refractivity contribution in [1.82, 2.24) is 9.88 Å². The molecule has 7 nitrogen and oxygen atoms in total. The first kappa shape index (κ1) is 19.7. The Balaban J connectivity index is 2.46. The molecule has 7 heteroatoms. The van der Waals surface area contributed by atoms with Gasteiger partial charge < -0.3 is 25.2 Å². The third-order valence-corrected chi connectivity index (χ3v) is 4.38. The fourth-order valence-corrected chi connectivity index (χ4v) is 2.91. The molecule has 4 N–H and O–H groups in total. The van der Waals surface area contributed by atoms with E-state index < -0.39 is 16.9 Å². The number of aromatic hydroxyl groups is 1. The number of hydrogen-bond donors (Lipinski definition) is 4. The molecule has 0 saturated carbocycles. The van der Waals surface area contributed by atoms with Crippen LogP contribution in [0.4, 0.5) is 0 Å². The van der Waals surface area contributed by atoms with Gasteiger partial charge in [-0.2, -0.15) is 0 Å². The molecule has 26 heavy (non-hydrogen) atoms. The van der Waals surface area contributed by atoms with Crippen LogP contribution >= 0.6 is 0 Å². The summed E-state index contributed by atoms with van der Waals surface area (Å²) in [7, 11) is 1.54. The summed E-state index contributed by atoms with van der Waals surface area (Å²) < 4.78 is 1.32. The first-order valence-electron chi connectivity index (χ1n) is 8.27. The Morgan fingerprint density at radius 1 is 1.31 bits per heavy atom. The monoisotopic (exact) mass is 360 g/mol. The Labute approximate surface area is 151 Å². The fourth-order valence-electron chi connectivity index (χ4n) is 2.91. The summed E-state index contributed by atoms with van der Waals surface area (Å²) in [4.78, 5) is 25.2. The Hall–Kier alpha value is -2.64. The average molecular weight is 360 g/mol. The van der Waals surface area contributed by atoms with E-state index in [1.54, 1.807) is 45.2 Å². The number of aromatic nitrogens is 1. The quantitative estimate of drug-likeness (QED) is 0.434. The van der Waals surface area contributed by atoms with Crippen LogP contribution in [-0.2, 0) is 7.05 Å². The Bertz CT molecular complexity index is 916. The van der Waals surface area contributed by atoms with Crippen LogP contribution in [0.3, 0.4) is 0 Å². The number of aryl methyl sites for hydroxylation is 1. The number of para-hydroxylation sites is 1. The normalized spacial score (nSPS) is 14.3. The van der Waals surface area contributed by atoms with Gasteiger partial charge in [0.25, 0.3) is 5.56 Å². The van der Waals surface area contributed by atoms with E-state index in [9.17, 15) is 19.8 Å². The van der Waals surface area contributed by atoms with E-state index in [2.05, 4.69) is 5.32 Å². The minimum absolute atomic E-state index is 0.128. The second-order valence-corrected chi connectivity index (χ2v) is 6.61. The van der Waals surface area contributed by atoms with Gasteiger partial charge in [-0.05, 0) is 32.4 Å². The predicted octanol–water partition coefficient (Wildman–Crippen LogP) is 1.05. The van der Waals surface area contributed by atoms with Crippen molar-refractivity contribution in [3.8, 4) is 5.75 Å². The van der Waals surface area contributed by atoms with Gasteiger partial charge in [-0.3, -0.25) is 9.59 Å². The highest BCUT2D eigenvalue weighted by atomic mass is 16.3. The minimum atomic E-state index is -0.800. The Morgan fingerprint density at radius 2 is 1.96 bits per heavy atom. The number of nitrogens with one attached hydrogen (secondary N) is 1. The lowest BCUT2D eigenvalue weighted by Gasteiger charge is -2.29. The first-order chi connectivity index (χ1) is 12.2. The second kappa shape index (κ2) is 7.72. The van der Waals surface area contributed by atoms with Crippen molar-refractivity contribution in [2.45, 2.75) is 25.8 Å². The Morgan fingerprint density at radius 3 is 2.58 bits per heavy atom. The minimum Gasteiger partial charge on any atom is -0.506 e. The molecule has 1 aromatic heterocycles. The maximum atomic E-state index is 12.6. The summed E-state index contributed by atoms with van der Waals surface area (Å²) in [5, 5.41) is 32.4. The molecule has 0 radical (unpaired) electrons. The van der Waals surface area contributed by atoms with Gasteiger partial charge in [0.2, 0.25) is 0 Å². The van der Waals surface area contributed by atoms with E-state index in [1.807, 2.05) is 0 Å². The molecule has 0 spiro atoms. The lowest BCUT2D eigenvalue weighted by atomic mass is 9.98. The molecule has 1 aromatic carbocycles. The van der Waals surface area contributed by atoms with Gasteiger partial charge in [-0.15, -0.1) is 0 Å². The lowest BCUT2D eigenvalue weighted by molar-refractivity contribution is 0.104. The van der Waals surface area contributed by atoms with Crippen molar-refractivity contribution >= 4 is 16.7 Å². The molecule has 0 aliphatic carbocycles. The number of aliphatic hydroxyl groups is 2. The number of aliphatic hydroxyl groups excluding tert-OH is 2. The van der Waals surface area contributed by atoms with Gasteiger partial charge in [-0.1, -0.05) is 12.1 Å². The summed E-state index contributed by atoms with van der Waals surface area (Å²) in [6, 6.07) is 6.79. The molecule has 0 fully saturated rings. The van der Waals surface area contributed by atoms with Crippen LogP contribution < -0.4 is 10.9 Å². The van der Waals surface area contributed by atoms with Gasteiger partial charge in [0, 0.05) is 30.8 Å². The van der Waals surface area contributed by atoms with E-state index in [0.717, 1.165) is 0 Å². The topological polar surface area (TPSA) is 112 Å². The summed E-state index contributed by atoms with van der Waals surface area (Å²) in [5.41, 5.74) is -0.752.